The van der Waals surface area contributed by atoms with Crippen molar-refractivity contribution >= 4 is 53.5 Å². The summed E-state index contributed by atoms with van der Waals surface area (Å²) in [5, 5.41) is 4.30. The number of benzene rings is 4. The third kappa shape index (κ3) is 5.61. The van der Waals surface area contributed by atoms with E-state index < -0.39 is 7.26 Å². The van der Waals surface area contributed by atoms with Crippen molar-refractivity contribution in [1.82, 2.24) is 0 Å². The molecule has 0 N–H and O–H groups in total. The molecule has 29 heavy (non-hydrogen) atoms. The van der Waals surface area contributed by atoms with Gasteiger partial charge in [-0.05, 0) is 50.9 Å². The smallest absolute Gasteiger partial charge is 0.116 e. The zero-order valence-corrected chi connectivity index (χ0v) is 20.4. The molecule has 0 spiro atoms. The Balaban J connectivity index is 0.000000970. The van der Waals surface area contributed by atoms with Gasteiger partial charge in [-0.1, -0.05) is 84.9 Å². The molecule has 0 aliphatic heterocycles. The fourth-order valence-electron chi connectivity index (χ4n) is 3.63. The predicted octanol–water partition coefficient (Wildman–Crippen LogP) is 3.76. The summed E-state index contributed by atoms with van der Waals surface area (Å²) < 4.78 is 0. The first kappa shape index (κ1) is 23.9. The second-order valence-electron chi connectivity index (χ2n) is 6.46. The minimum absolute atomic E-state index is 0. The van der Waals surface area contributed by atoms with Crippen molar-refractivity contribution < 1.29 is 12.4 Å². The molecule has 0 unspecified atom stereocenters. The van der Waals surface area contributed by atoms with Gasteiger partial charge in [0.2, 0.25) is 0 Å². The van der Waals surface area contributed by atoms with E-state index in [1.165, 1.54) is 21.5 Å². The summed E-state index contributed by atoms with van der Waals surface area (Å²) in [6.07, 6.45) is 1.03. The highest BCUT2D eigenvalue weighted by Gasteiger charge is 2.45. The Kier molecular flexibility index (Phi) is 10.2. The Morgan fingerprint density at radius 3 is 1.07 bits per heavy atom. The van der Waals surface area contributed by atoms with E-state index >= 15 is 0 Å². The van der Waals surface area contributed by atoms with Crippen LogP contribution in [0.3, 0.4) is 0 Å². The van der Waals surface area contributed by atoms with E-state index in [0.717, 1.165) is 6.16 Å². The third-order valence-corrected chi connectivity index (χ3v) is 9.23. The first-order valence-electron chi connectivity index (χ1n) is 9.13. The highest BCUT2D eigenvalue weighted by atomic mass is 127. The van der Waals surface area contributed by atoms with Crippen LogP contribution in [0.5, 0.6) is 0 Å². The largest absolute Gasteiger partial charge is 1.00 e. The second-order valence-corrected chi connectivity index (χ2v) is 9.95. The normalized spacial score (nSPS) is 10.3. The molecule has 0 aliphatic rings. The zero-order valence-electron chi connectivity index (χ0n) is 15.8. The quantitative estimate of drug-likeness (QED) is 0.262. The highest BCUT2D eigenvalue weighted by molar-refractivity contribution is 14.1. The van der Waals surface area contributed by atoms with Crippen LogP contribution in [0.2, 0.25) is 0 Å². The van der Waals surface area contributed by atoms with Gasteiger partial charge in [-0.25, -0.2) is 0 Å². The van der Waals surface area contributed by atoms with Gasteiger partial charge in [0.25, 0.3) is 0 Å². The van der Waals surface area contributed by atoms with Crippen molar-refractivity contribution in [2.24, 2.45) is 0 Å². The lowest BCUT2D eigenvalue weighted by Gasteiger charge is -2.27. The second kappa shape index (κ2) is 12.3. The van der Waals surface area contributed by atoms with Crippen LogP contribution in [0.4, 0.5) is 0 Å². The van der Waals surface area contributed by atoms with Crippen molar-refractivity contribution in [3.8, 4) is 0 Å². The number of rotatable bonds is 5. The van der Waals surface area contributed by atoms with Crippen LogP contribution in [0.25, 0.3) is 0 Å². The fraction of sp³-hybridized carbons (Fsp3) is 0.0400. The lowest BCUT2D eigenvalue weighted by molar-refractivity contribution is -0.00000525. The molecule has 0 aliphatic carbocycles. The topological polar surface area (TPSA) is 0 Å². The Labute approximate surface area is 197 Å². The van der Waals surface area contributed by atoms with E-state index in [-0.39, 0.29) is 12.4 Å². The summed E-state index contributed by atoms with van der Waals surface area (Å²) in [7, 11) is 2.83. The van der Waals surface area contributed by atoms with Gasteiger partial charge >= 0.3 is 0 Å². The summed E-state index contributed by atoms with van der Waals surface area (Å²) in [6.45, 7) is 0. The third-order valence-electron chi connectivity index (χ3n) is 4.85. The van der Waals surface area contributed by atoms with Crippen molar-refractivity contribution in [3.05, 3.63) is 127 Å². The van der Waals surface area contributed by atoms with E-state index in [4.69, 9.17) is 0 Å². The van der Waals surface area contributed by atoms with Crippen LogP contribution in [0.1, 0.15) is 5.56 Å². The van der Waals surface area contributed by atoms with E-state index in [1.807, 2.05) is 0 Å². The first-order chi connectivity index (χ1) is 13.9. The lowest BCUT2D eigenvalue weighted by Crippen LogP contribution is -3.00. The average molecular weight is 551 g/mol. The minimum atomic E-state index is -1.78. The van der Waals surface area contributed by atoms with Crippen LogP contribution in [-0.4, -0.2) is 0 Å². The molecule has 0 fully saturated rings. The molecule has 4 rings (SSSR count). The van der Waals surface area contributed by atoms with Gasteiger partial charge in [-0.2, -0.15) is 0 Å². The van der Waals surface area contributed by atoms with Gasteiger partial charge in [0.15, 0.2) is 0 Å². The molecule has 0 saturated heterocycles. The molecule has 148 valence electrons. The maximum absolute atomic E-state index is 4.61. The molecular formula is C25H22Cl2IP. The van der Waals surface area contributed by atoms with Gasteiger partial charge in [0.05, 0.1) is 6.16 Å². The summed E-state index contributed by atoms with van der Waals surface area (Å²) in [4.78, 5) is 0. The van der Waals surface area contributed by atoms with Crippen molar-refractivity contribution in [1.29, 1.82) is 0 Å². The molecular weight excluding hydrogens is 529 g/mol. The summed E-state index contributed by atoms with van der Waals surface area (Å²) >= 11 is 1.62. The fourth-order valence-corrected chi connectivity index (χ4v) is 7.87. The molecule has 4 heteroatoms. The molecule has 0 saturated carbocycles. The molecule has 4 aromatic carbocycles. The van der Waals surface area contributed by atoms with Crippen LogP contribution in [0.15, 0.2) is 121 Å². The molecule has 0 radical (unpaired) electrons. The zero-order chi connectivity index (χ0) is 19.7. The number of halogens is 3. The minimum Gasteiger partial charge on any atom is -1.00 e. The molecule has 0 aromatic heterocycles. The molecule has 0 nitrogen and oxygen atoms in total. The predicted molar refractivity (Wildman–Crippen MR) is 135 cm³/mol. The molecule has 0 bridgehead atoms. The highest BCUT2D eigenvalue weighted by Crippen LogP contribution is 2.58. The Morgan fingerprint density at radius 2 is 0.759 bits per heavy atom. The molecule has 0 amide bonds. The Bertz CT molecular complexity index is 852. The summed E-state index contributed by atoms with van der Waals surface area (Å²) in [5.74, 6) is 0. The molecule has 0 atom stereocenters. The molecule has 4 aromatic rings. The van der Waals surface area contributed by atoms with Crippen LogP contribution in [0, 0.1) is 0 Å². The lowest BCUT2D eigenvalue weighted by atomic mass is 10.2. The van der Waals surface area contributed by atoms with Gasteiger partial charge < -0.3 is 12.4 Å². The van der Waals surface area contributed by atoms with Crippen molar-refractivity contribution in [3.63, 3.8) is 0 Å². The van der Waals surface area contributed by atoms with Crippen LogP contribution < -0.4 is 28.3 Å². The maximum atomic E-state index is 4.61. The van der Waals surface area contributed by atoms with Crippen LogP contribution >= 0.6 is 37.6 Å². The van der Waals surface area contributed by atoms with Gasteiger partial charge in [0, 0.05) is 21.5 Å². The molecule has 0 heterocycles. The van der Waals surface area contributed by atoms with E-state index in [9.17, 15) is 0 Å². The Morgan fingerprint density at radius 1 is 0.483 bits per heavy atom. The Hall–Kier alpha value is -1.38. The average Bonchev–Trinajstić information content (AvgIpc) is 2.81. The maximum Gasteiger partial charge on any atom is 0.116 e. The summed E-state index contributed by atoms with van der Waals surface area (Å²) in [5.41, 5.74) is 1.39. The van der Waals surface area contributed by atoms with Crippen LogP contribution in [-0.2, 0) is 6.16 Å². The first-order valence-corrected chi connectivity index (χ1v) is 13.8. The van der Waals surface area contributed by atoms with E-state index in [1.54, 1.807) is 21.5 Å². The number of hydrogen-bond acceptors (Lipinski definition) is 0. The SMILES string of the molecule is ClI.[Cl-].c1ccc(C[P+](c2ccccc2)(c2ccccc2)c2ccccc2)cc1. The van der Waals surface area contributed by atoms with Crippen molar-refractivity contribution in [2.45, 2.75) is 6.16 Å². The standard InChI is InChI=1S/C25H22P.ClI.ClH/c1-5-13-22(14-6-1)21-26(23-15-7-2-8-16-23,24-17-9-3-10-18-24)25-19-11-4-12-20-25;1-2;/h1-20H,21H2;;1H/q+1;;/p-1. The summed E-state index contributed by atoms with van der Waals surface area (Å²) in [6, 6.07) is 44.0. The van der Waals surface area contributed by atoms with E-state index in [2.05, 4.69) is 130 Å². The monoisotopic (exact) mass is 550 g/mol. The van der Waals surface area contributed by atoms with E-state index in [0.29, 0.717) is 0 Å². The van der Waals surface area contributed by atoms with Gasteiger partial charge in [0.1, 0.15) is 23.2 Å². The number of hydrogen-bond donors (Lipinski definition) is 0. The van der Waals surface area contributed by atoms with Crippen molar-refractivity contribution in [2.75, 3.05) is 0 Å². The van der Waals surface area contributed by atoms with Gasteiger partial charge in [-0.3, -0.25) is 0 Å². The van der Waals surface area contributed by atoms with Gasteiger partial charge in [-0.15, -0.1) is 0 Å².